The van der Waals surface area contributed by atoms with Crippen molar-refractivity contribution in [3.05, 3.63) is 58.2 Å². The number of fused-ring (bicyclic) bond motifs is 4. The Labute approximate surface area is 204 Å². The van der Waals surface area contributed by atoms with Crippen LogP contribution in [-0.4, -0.2) is 27.7 Å². The summed E-state index contributed by atoms with van der Waals surface area (Å²) in [4.78, 5) is 12.2. The highest BCUT2D eigenvalue weighted by atomic mass is 16.3. The summed E-state index contributed by atoms with van der Waals surface area (Å²) in [6.07, 6.45) is 5.66. The third kappa shape index (κ3) is 3.37. The molecule has 0 heterocycles. The third-order valence-corrected chi connectivity index (χ3v) is 9.45. The Bertz CT molecular complexity index is 1140. The van der Waals surface area contributed by atoms with Gasteiger partial charge in [-0.05, 0) is 84.6 Å². The summed E-state index contributed by atoms with van der Waals surface area (Å²) in [7, 11) is 0. The average molecular weight is 459 g/mol. The first kappa shape index (κ1) is 23.6. The number of benzene rings is 1. The van der Waals surface area contributed by atoms with Gasteiger partial charge in [-0.3, -0.25) is 4.79 Å². The van der Waals surface area contributed by atoms with Crippen LogP contribution < -0.4 is 0 Å². The van der Waals surface area contributed by atoms with Crippen LogP contribution in [0, 0.1) is 29.1 Å². The second-order valence-corrected chi connectivity index (χ2v) is 12.3. The van der Waals surface area contributed by atoms with Crippen molar-refractivity contribution in [2.75, 3.05) is 0 Å². The van der Waals surface area contributed by atoms with Gasteiger partial charge in [-0.25, -0.2) is 0 Å². The van der Waals surface area contributed by atoms with Crippen molar-refractivity contribution >= 4 is 5.78 Å². The predicted molar refractivity (Wildman–Crippen MR) is 135 cm³/mol. The molecular weight excluding hydrogens is 420 g/mol. The predicted octanol–water partition coefficient (Wildman–Crippen LogP) is 5.61. The third-order valence-electron chi connectivity index (χ3n) is 9.45. The molecule has 0 aliphatic heterocycles. The molecular formula is C31H38O3. The minimum Gasteiger partial charge on any atom is -0.389 e. The van der Waals surface area contributed by atoms with Crippen molar-refractivity contribution in [3.63, 3.8) is 0 Å². The van der Waals surface area contributed by atoms with Gasteiger partial charge in [0.25, 0.3) is 0 Å². The van der Waals surface area contributed by atoms with Gasteiger partial charge in [0.2, 0.25) is 0 Å². The van der Waals surface area contributed by atoms with Crippen LogP contribution in [0.4, 0.5) is 0 Å². The lowest BCUT2D eigenvalue weighted by Crippen LogP contribution is -2.54. The molecule has 2 N–H and O–H groups in total. The fourth-order valence-corrected chi connectivity index (χ4v) is 7.61. The second-order valence-electron chi connectivity index (χ2n) is 12.3. The zero-order valence-corrected chi connectivity index (χ0v) is 21.2. The van der Waals surface area contributed by atoms with Gasteiger partial charge in [0.05, 0.1) is 6.10 Å². The Morgan fingerprint density at radius 2 is 1.79 bits per heavy atom. The number of ketones is 1. The van der Waals surface area contributed by atoms with Crippen molar-refractivity contribution in [1.29, 1.82) is 0 Å². The Hall–Kier alpha value is -2.15. The highest BCUT2D eigenvalue weighted by molar-refractivity contribution is 5.93. The first-order chi connectivity index (χ1) is 16.0. The molecule has 2 fully saturated rings. The van der Waals surface area contributed by atoms with E-state index in [2.05, 4.69) is 63.8 Å². The Kier molecular flexibility index (Phi) is 5.51. The number of hydrogen-bond acceptors (Lipinski definition) is 3. The summed E-state index contributed by atoms with van der Waals surface area (Å²) >= 11 is 0. The molecule has 1 aromatic rings. The molecule has 0 amide bonds. The number of carbonyl (C=O) groups is 1. The lowest BCUT2D eigenvalue weighted by atomic mass is 9.51. The number of rotatable bonds is 1. The van der Waals surface area contributed by atoms with Crippen LogP contribution in [0.25, 0.3) is 0 Å². The first-order valence-corrected chi connectivity index (χ1v) is 12.9. The van der Waals surface area contributed by atoms with Gasteiger partial charge in [-0.15, -0.1) is 5.92 Å². The van der Waals surface area contributed by atoms with E-state index in [1.807, 2.05) is 6.08 Å². The van der Waals surface area contributed by atoms with E-state index in [1.54, 1.807) is 6.92 Å². The van der Waals surface area contributed by atoms with Crippen molar-refractivity contribution in [3.8, 4) is 11.8 Å². The molecule has 34 heavy (non-hydrogen) atoms. The fraction of sp³-hybridized carbons (Fsp3) is 0.581. The first-order valence-electron chi connectivity index (χ1n) is 12.9. The normalized spacial score (nSPS) is 37.3. The Morgan fingerprint density at radius 3 is 2.44 bits per heavy atom. The fourth-order valence-electron chi connectivity index (χ4n) is 7.61. The summed E-state index contributed by atoms with van der Waals surface area (Å²) in [6, 6.07) is 9.02. The molecule has 4 aliphatic rings. The largest absolute Gasteiger partial charge is 0.389 e. The number of hydrogen-bond donors (Lipinski definition) is 2. The summed E-state index contributed by atoms with van der Waals surface area (Å²) in [5.41, 5.74) is 4.85. The topological polar surface area (TPSA) is 57.5 Å². The smallest absolute Gasteiger partial charge is 0.156 e. The van der Waals surface area contributed by atoms with Crippen molar-refractivity contribution in [2.45, 2.75) is 96.2 Å². The molecule has 0 aromatic heterocycles. The molecule has 0 unspecified atom stereocenters. The molecule has 4 aliphatic carbocycles. The second kappa shape index (κ2) is 7.94. The van der Waals surface area contributed by atoms with Crippen LogP contribution in [-0.2, 0) is 10.2 Å². The maximum atomic E-state index is 12.2. The summed E-state index contributed by atoms with van der Waals surface area (Å²) < 4.78 is 0. The monoisotopic (exact) mass is 458 g/mol. The van der Waals surface area contributed by atoms with Gasteiger partial charge in [-0.1, -0.05) is 63.5 Å². The van der Waals surface area contributed by atoms with Crippen LogP contribution in [0.1, 0.15) is 90.2 Å². The van der Waals surface area contributed by atoms with Gasteiger partial charge in [0.1, 0.15) is 0 Å². The molecule has 1 aromatic carbocycles. The minimum absolute atomic E-state index is 0.0869. The summed E-state index contributed by atoms with van der Waals surface area (Å²) in [5.74, 6) is 6.85. The number of allylic oxidation sites excluding steroid dienone is 4. The van der Waals surface area contributed by atoms with E-state index >= 15 is 0 Å². The molecule has 180 valence electrons. The van der Waals surface area contributed by atoms with E-state index in [1.165, 1.54) is 27.8 Å². The van der Waals surface area contributed by atoms with E-state index < -0.39 is 17.1 Å². The molecule has 0 radical (unpaired) electrons. The van der Waals surface area contributed by atoms with Crippen molar-refractivity contribution in [2.24, 2.45) is 17.3 Å². The average Bonchev–Trinajstić information content (AvgIpc) is 2.98. The molecule has 2 saturated carbocycles. The molecule has 6 atom stereocenters. The van der Waals surface area contributed by atoms with Crippen molar-refractivity contribution in [1.82, 2.24) is 0 Å². The van der Waals surface area contributed by atoms with Crippen molar-refractivity contribution < 1.29 is 15.0 Å². The van der Waals surface area contributed by atoms with Gasteiger partial charge in [-0.2, -0.15) is 0 Å². The lowest BCUT2D eigenvalue weighted by Gasteiger charge is -2.53. The van der Waals surface area contributed by atoms with E-state index in [-0.39, 0.29) is 23.0 Å². The number of aliphatic hydroxyl groups excluding tert-OH is 1. The van der Waals surface area contributed by atoms with E-state index in [4.69, 9.17) is 0 Å². The van der Waals surface area contributed by atoms with Gasteiger partial charge < -0.3 is 10.2 Å². The van der Waals surface area contributed by atoms with E-state index in [9.17, 15) is 15.0 Å². The molecule has 0 spiro atoms. The van der Waals surface area contributed by atoms with Crippen LogP contribution in [0.3, 0.4) is 0 Å². The maximum Gasteiger partial charge on any atom is 0.156 e. The Balaban J connectivity index is 1.68. The number of aliphatic hydroxyl groups is 2. The van der Waals surface area contributed by atoms with Gasteiger partial charge in [0.15, 0.2) is 11.4 Å². The quantitative estimate of drug-likeness (QED) is 0.538. The number of carbonyl (C=O) groups excluding carboxylic acids is 1. The molecule has 5 rings (SSSR count). The molecule has 3 heteroatoms. The van der Waals surface area contributed by atoms with Crippen LogP contribution in [0.2, 0.25) is 0 Å². The minimum atomic E-state index is -1.40. The highest BCUT2D eigenvalue weighted by Gasteiger charge is 2.66. The van der Waals surface area contributed by atoms with E-state index in [0.717, 1.165) is 25.7 Å². The van der Waals surface area contributed by atoms with Gasteiger partial charge >= 0.3 is 0 Å². The molecule has 0 saturated heterocycles. The van der Waals surface area contributed by atoms with Crippen LogP contribution in [0.15, 0.2) is 47.1 Å². The zero-order chi connectivity index (χ0) is 24.5. The van der Waals surface area contributed by atoms with Crippen LogP contribution >= 0.6 is 0 Å². The Morgan fingerprint density at radius 1 is 1.09 bits per heavy atom. The lowest BCUT2D eigenvalue weighted by molar-refractivity contribution is -0.114. The maximum absolute atomic E-state index is 12.2. The van der Waals surface area contributed by atoms with E-state index in [0.29, 0.717) is 18.8 Å². The summed E-state index contributed by atoms with van der Waals surface area (Å²) in [6.45, 7) is 10.6. The van der Waals surface area contributed by atoms with Crippen LogP contribution in [0.5, 0.6) is 0 Å². The standard InChI is InChI=1S/C31H38O3/c1-6-15-31(34)27(33)17-26-24-13-9-20-16-22(32)12-14-23(20)28(24)25(18-30(26,31)5)19-7-10-21(11-8-19)29(2,3)4/h7-8,10-11,16,24-27,33-34H,9,12-14,17-18H2,1-5H3/t24-,25+,26-,27+,30-,31+/m0/s1. The highest BCUT2D eigenvalue weighted by Crippen LogP contribution is 2.66. The summed E-state index contributed by atoms with van der Waals surface area (Å²) in [5, 5.41) is 22.9. The zero-order valence-electron chi connectivity index (χ0n) is 21.2. The SMILES string of the molecule is CC#C[C@@]1(O)[C@H](O)C[C@H]2[C@@H]3CCC4=CC(=O)CCC4=C3[C@@H](c3ccc(C(C)(C)C)cc3)C[C@@]21C. The van der Waals surface area contributed by atoms with Gasteiger partial charge in [0, 0.05) is 17.8 Å². The molecule has 0 bridgehead atoms. The molecule has 3 nitrogen and oxygen atoms in total.